The lowest BCUT2D eigenvalue weighted by atomic mass is 10.1. The van der Waals surface area contributed by atoms with Crippen LogP contribution in [0, 0.1) is 0 Å². The first-order chi connectivity index (χ1) is 20.4. The van der Waals surface area contributed by atoms with Gasteiger partial charge < -0.3 is 51.4 Å². The molecule has 2 aromatic heterocycles. The lowest BCUT2D eigenvalue weighted by molar-refractivity contribution is -0.378. The lowest BCUT2D eigenvalue weighted by Crippen LogP contribution is -2.10. The van der Waals surface area contributed by atoms with Crippen LogP contribution in [0.2, 0.25) is 0 Å². The first-order valence-electron chi connectivity index (χ1n) is 11.5. The zero-order valence-corrected chi connectivity index (χ0v) is 25.4. The number of nitrogens with one attached hydrogen (secondary N) is 2. The number of pyridine rings is 2. The van der Waals surface area contributed by atoms with Crippen LogP contribution in [0.5, 0.6) is 0 Å². The molecule has 0 aliphatic rings. The van der Waals surface area contributed by atoms with Crippen molar-refractivity contribution in [3.63, 3.8) is 0 Å². The maximum Gasteiger partial charge on any atom is 0.336 e. The SMILES string of the molecule is O.O.O.O.O=C(O)c1ccc(C(=O)O)c(S(=O)(=O)[O-])c1.O=C(O)c1ccc(C(=O)O)c(S(=O)(=O)[O-])c1.c1cc(-c2cc[nH+]cc2)cc[nH+]1. The quantitative estimate of drug-likeness (QED) is 0.145. The molecule has 0 aliphatic carbocycles. The van der Waals surface area contributed by atoms with Gasteiger partial charge in [0.05, 0.1) is 32.0 Å². The highest BCUT2D eigenvalue weighted by atomic mass is 32.2. The summed E-state index contributed by atoms with van der Waals surface area (Å²) in [4.78, 5) is 46.1. The van der Waals surface area contributed by atoms with E-state index in [4.69, 9.17) is 20.4 Å². The highest BCUT2D eigenvalue weighted by molar-refractivity contribution is 7.86. The molecule has 14 N–H and O–H groups in total. The molecule has 262 valence electrons. The van der Waals surface area contributed by atoms with Gasteiger partial charge in [0.2, 0.25) is 0 Å². The molecule has 22 heteroatoms. The Bertz CT molecular complexity index is 1780. The Morgan fingerprint density at radius 3 is 0.958 bits per heavy atom. The summed E-state index contributed by atoms with van der Waals surface area (Å²) in [7, 11) is -10.1. The van der Waals surface area contributed by atoms with Gasteiger partial charge >= 0.3 is 23.9 Å². The molecule has 0 saturated heterocycles. The van der Waals surface area contributed by atoms with Crippen LogP contribution < -0.4 is 9.97 Å². The third-order valence-electron chi connectivity index (χ3n) is 5.23. The van der Waals surface area contributed by atoms with Gasteiger partial charge in [-0.15, -0.1) is 0 Å². The highest BCUT2D eigenvalue weighted by Crippen LogP contribution is 2.19. The summed E-state index contributed by atoms with van der Waals surface area (Å²) in [6, 6.07) is 12.6. The molecule has 0 atom stereocenters. The molecule has 0 saturated carbocycles. The Hall–Kier alpha value is -5.72. The van der Waals surface area contributed by atoms with Gasteiger partial charge in [0.1, 0.15) is 20.2 Å². The molecular formula is C26H28N2O18S2. The maximum absolute atomic E-state index is 10.7. The summed E-state index contributed by atoms with van der Waals surface area (Å²) in [5, 5.41) is 34.3. The average Bonchev–Trinajstić information content (AvgIpc) is 2.97. The molecule has 0 aliphatic heterocycles. The zero-order valence-electron chi connectivity index (χ0n) is 23.8. The van der Waals surface area contributed by atoms with Crippen LogP contribution in [0.25, 0.3) is 11.1 Å². The van der Waals surface area contributed by atoms with Crippen LogP contribution in [-0.2, 0) is 20.2 Å². The summed E-state index contributed by atoms with van der Waals surface area (Å²) in [6.45, 7) is 0. The lowest BCUT2D eigenvalue weighted by Gasteiger charge is -2.10. The minimum absolute atomic E-state index is 0. The molecule has 0 radical (unpaired) electrons. The van der Waals surface area contributed by atoms with Gasteiger partial charge in [-0.1, -0.05) is 0 Å². The number of hydrogen-bond acceptors (Lipinski definition) is 10. The van der Waals surface area contributed by atoms with Crippen molar-refractivity contribution in [1.82, 2.24) is 0 Å². The molecule has 2 heterocycles. The summed E-state index contributed by atoms with van der Waals surface area (Å²) < 4.78 is 64.3. The number of aromatic amines is 2. The Morgan fingerprint density at radius 1 is 0.479 bits per heavy atom. The fourth-order valence-corrected chi connectivity index (χ4v) is 4.63. The van der Waals surface area contributed by atoms with Crippen molar-refractivity contribution < 1.29 is 97.4 Å². The van der Waals surface area contributed by atoms with E-state index in [-0.39, 0.29) is 21.9 Å². The van der Waals surface area contributed by atoms with Gasteiger partial charge in [-0.3, -0.25) is 0 Å². The van der Waals surface area contributed by atoms with Crippen LogP contribution in [0.4, 0.5) is 0 Å². The van der Waals surface area contributed by atoms with Crippen molar-refractivity contribution >= 4 is 44.1 Å². The standard InChI is InChI=1S/C10H8N2.2C8H6O7S.4H2O/c1-5-11-6-2-9(1)10-3-7-12-8-4-10;2*9-7(10)4-1-2-5(8(11)12)6(3-4)16(13,14)15;;;;/h1-8H;2*1-3H,(H,9,10)(H,11,12)(H,13,14,15);4*1H2. The predicted molar refractivity (Wildman–Crippen MR) is 156 cm³/mol. The van der Waals surface area contributed by atoms with E-state index in [0.717, 1.165) is 24.3 Å². The number of aromatic nitrogens is 2. The van der Waals surface area contributed by atoms with E-state index in [9.17, 15) is 45.1 Å². The predicted octanol–water partition coefficient (Wildman–Crippen LogP) is -2.34. The summed E-state index contributed by atoms with van der Waals surface area (Å²) in [6.07, 6.45) is 7.69. The van der Waals surface area contributed by atoms with Crippen molar-refractivity contribution in [2.24, 2.45) is 0 Å². The maximum atomic E-state index is 10.7. The fourth-order valence-electron chi connectivity index (χ4n) is 3.24. The van der Waals surface area contributed by atoms with Gasteiger partial charge in [-0.25, -0.2) is 46.0 Å². The van der Waals surface area contributed by atoms with Crippen LogP contribution in [0.1, 0.15) is 41.4 Å². The second-order valence-corrected chi connectivity index (χ2v) is 10.8. The average molecular weight is 721 g/mol. The molecule has 0 bridgehead atoms. The molecule has 20 nitrogen and oxygen atoms in total. The van der Waals surface area contributed by atoms with Gasteiger partial charge in [0, 0.05) is 24.3 Å². The van der Waals surface area contributed by atoms with Crippen LogP contribution in [-0.4, -0.2) is 92.1 Å². The number of carbonyl (C=O) groups is 4. The van der Waals surface area contributed by atoms with Crippen molar-refractivity contribution in [3.8, 4) is 11.1 Å². The van der Waals surface area contributed by atoms with E-state index in [1.165, 1.54) is 11.1 Å². The summed E-state index contributed by atoms with van der Waals surface area (Å²) in [5.74, 6) is -6.15. The Balaban J connectivity index is -0.000000612. The molecule has 48 heavy (non-hydrogen) atoms. The fraction of sp³-hybridized carbons (Fsp3) is 0. The number of rotatable bonds is 7. The summed E-state index contributed by atoms with van der Waals surface area (Å²) >= 11 is 0. The molecule has 4 aromatic rings. The van der Waals surface area contributed by atoms with E-state index in [0.29, 0.717) is 12.1 Å². The van der Waals surface area contributed by atoms with E-state index in [1.54, 1.807) is 0 Å². The number of hydrogen-bond donors (Lipinski definition) is 4. The molecule has 4 rings (SSSR count). The van der Waals surface area contributed by atoms with Crippen LogP contribution in [0.15, 0.2) is 95.2 Å². The molecule has 0 amide bonds. The van der Waals surface area contributed by atoms with E-state index >= 15 is 0 Å². The topological polar surface area (TPSA) is 418 Å². The van der Waals surface area contributed by atoms with E-state index < -0.39 is 76.2 Å². The number of carboxylic acids is 4. The van der Waals surface area contributed by atoms with Crippen molar-refractivity contribution in [1.29, 1.82) is 0 Å². The van der Waals surface area contributed by atoms with Crippen molar-refractivity contribution in [3.05, 3.63) is 108 Å². The van der Waals surface area contributed by atoms with Gasteiger partial charge in [-0.05, 0) is 47.5 Å². The second kappa shape index (κ2) is 19.7. The van der Waals surface area contributed by atoms with Gasteiger partial charge in [0.15, 0.2) is 24.8 Å². The Kier molecular flexibility index (Phi) is 19.2. The molecular weight excluding hydrogens is 692 g/mol. The second-order valence-electron chi connectivity index (χ2n) is 8.13. The van der Waals surface area contributed by atoms with Gasteiger partial charge in [-0.2, -0.15) is 0 Å². The van der Waals surface area contributed by atoms with Crippen molar-refractivity contribution in [2.45, 2.75) is 9.79 Å². The first kappa shape index (κ1) is 46.7. The molecule has 2 aromatic carbocycles. The van der Waals surface area contributed by atoms with Crippen LogP contribution >= 0.6 is 0 Å². The van der Waals surface area contributed by atoms with Crippen molar-refractivity contribution in [2.75, 3.05) is 0 Å². The highest BCUT2D eigenvalue weighted by Gasteiger charge is 2.18. The first-order valence-corrected chi connectivity index (χ1v) is 14.3. The third kappa shape index (κ3) is 13.3. The number of aromatic carboxylic acids is 4. The molecule has 0 unspecified atom stereocenters. The van der Waals surface area contributed by atoms with Crippen LogP contribution in [0.3, 0.4) is 0 Å². The van der Waals surface area contributed by atoms with E-state index in [1.807, 2.05) is 24.8 Å². The van der Waals surface area contributed by atoms with Gasteiger partial charge in [0.25, 0.3) is 0 Å². The third-order valence-corrected chi connectivity index (χ3v) is 6.98. The smallest absolute Gasteiger partial charge is 0.336 e. The van der Waals surface area contributed by atoms with E-state index in [2.05, 4.69) is 34.2 Å². The minimum Gasteiger partial charge on any atom is -0.744 e. The Labute approximate surface area is 270 Å². The minimum atomic E-state index is -5.03. The largest absolute Gasteiger partial charge is 0.744 e. The molecule has 0 fully saturated rings. The number of carboxylic acid groups (broad SMARTS) is 4. The molecule has 0 spiro atoms. The number of H-pyrrole nitrogens is 2. The summed E-state index contributed by atoms with van der Waals surface area (Å²) in [5.41, 5.74) is 0.00403. The monoisotopic (exact) mass is 720 g/mol. The normalized spacial score (nSPS) is 9.79. The zero-order chi connectivity index (χ0) is 33.2. The number of benzene rings is 2. The Morgan fingerprint density at radius 2 is 0.750 bits per heavy atom.